The molecule has 0 atom stereocenters. The van der Waals surface area contributed by atoms with Gasteiger partial charge in [0.2, 0.25) is 0 Å². The predicted molar refractivity (Wildman–Crippen MR) is 82.5 cm³/mol. The monoisotopic (exact) mass is 272 g/mol. The molecule has 3 heteroatoms. The molecule has 0 aromatic heterocycles. The summed E-state index contributed by atoms with van der Waals surface area (Å²) in [5.41, 5.74) is 2.51. The Morgan fingerprint density at radius 1 is 1.25 bits per heavy atom. The molecule has 2 amide bonds. The number of rotatable bonds is 5. The first-order chi connectivity index (χ1) is 9.74. The lowest BCUT2D eigenvalue weighted by Crippen LogP contribution is -2.33. The third-order valence-electron chi connectivity index (χ3n) is 3.80. The molecule has 108 valence electrons. The summed E-state index contributed by atoms with van der Waals surface area (Å²) in [5.74, 6) is 0.655. The first-order valence-electron chi connectivity index (χ1n) is 7.50. The van der Waals surface area contributed by atoms with Gasteiger partial charge in [-0.05, 0) is 37.7 Å². The van der Waals surface area contributed by atoms with E-state index in [1.54, 1.807) is 6.20 Å². The molecule has 0 radical (unpaired) electrons. The predicted octanol–water partition coefficient (Wildman–Crippen LogP) is 3.54. The fraction of sp³-hybridized carbons (Fsp3) is 0.471. The summed E-state index contributed by atoms with van der Waals surface area (Å²) < 4.78 is 0. The fourth-order valence-electron chi connectivity index (χ4n) is 2.54. The Bertz CT molecular complexity index is 445. The minimum absolute atomic E-state index is 0.119. The first-order valence-corrected chi connectivity index (χ1v) is 7.50. The molecule has 2 rings (SSSR count). The molecule has 0 heterocycles. The Morgan fingerprint density at radius 3 is 2.65 bits per heavy atom. The van der Waals surface area contributed by atoms with Crippen LogP contribution in [0.2, 0.25) is 0 Å². The van der Waals surface area contributed by atoms with E-state index in [-0.39, 0.29) is 6.03 Å². The summed E-state index contributed by atoms with van der Waals surface area (Å²) in [6.45, 7) is 2.73. The van der Waals surface area contributed by atoms with E-state index in [1.807, 2.05) is 0 Å². The fourth-order valence-corrected chi connectivity index (χ4v) is 2.54. The Hall–Kier alpha value is -1.77. The second-order valence-corrected chi connectivity index (χ2v) is 5.54. The van der Waals surface area contributed by atoms with Gasteiger partial charge in [-0.1, -0.05) is 48.7 Å². The highest BCUT2D eigenvalue weighted by Gasteiger charge is 2.11. The molecule has 1 aliphatic carbocycles. The van der Waals surface area contributed by atoms with E-state index in [9.17, 15) is 4.79 Å². The lowest BCUT2D eigenvalue weighted by Gasteiger charge is -2.06. The quantitative estimate of drug-likeness (QED) is 0.845. The van der Waals surface area contributed by atoms with Crippen LogP contribution in [0.5, 0.6) is 0 Å². The molecule has 1 saturated carbocycles. The second kappa shape index (κ2) is 7.73. The molecule has 0 saturated heterocycles. The molecule has 2 N–H and O–H groups in total. The molecule has 20 heavy (non-hydrogen) atoms. The minimum atomic E-state index is -0.119. The molecular formula is C17H24N2O. The van der Waals surface area contributed by atoms with Crippen LogP contribution >= 0.6 is 0 Å². The first kappa shape index (κ1) is 14.6. The molecule has 1 aromatic carbocycles. The van der Waals surface area contributed by atoms with E-state index in [2.05, 4.69) is 47.9 Å². The third kappa shape index (κ3) is 5.08. The number of hydrogen-bond acceptors (Lipinski definition) is 1. The van der Waals surface area contributed by atoms with Gasteiger partial charge < -0.3 is 10.6 Å². The number of allylic oxidation sites excluding steroid dienone is 1. The number of urea groups is 1. The summed E-state index contributed by atoms with van der Waals surface area (Å²) in [7, 11) is 0. The average Bonchev–Trinajstić information content (AvgIpc) is 2.94. The molecule has 1 aliphatic rings. The second-order valence-electron chi connectivity index (χ2n) is 5.54. The molecule has 0 aliphatic heterocycles. The number of aryl methyl sites for hydroxylation is 1. The number of hydrogen-bond donors (Lipinski definition) is 2. The summed E-state index contributed by atoms with van der Waals surface area (Å²) in [5, 5.41) is 5.64. The average molecular weight is 272 g/mol. The molecule has 1 fully saturated rings. The zero-order valence-corrected chi connectivity index (χ0v) is 12.2. The minimum Gasteiger partial charge on any atom is -0.338 e. The maximum Gasteiger partial charge on any atom is 0.318 e. The third-order valence-corrected chi connectivity index (χ3v) is 3.80. The topological polar surface area (TPSA) is 41.1 Å². The van der Waals surface area contributed by atoms with Crippen molar-refractivity contribution in [3.05, 3.63) is 47.7 Å². The number of amides is 2. The van der Waals surface area contributed by atoms with Crippen LogP contribution in [0.1, 0.15) is 36.8 Å². The summed E-state index contributed by atoms with van der Waals surface area (Å²) in [6, 6.07) is 8.29. The van der Waals surface area contributed by atoms with Gasteiger partial charge in [-0.15, -0.1) is 0 Å². The number of carbonyl (C=O) groups is 1. The van der Waals surface area contributed by atoms with Crippen molar-refractivity contribution in [2.24, 2.45) is 5.92 Å². The summed E-state index contributed by atoms with van der Waals surface area (Å²) in [6.07, 6.45) is 9.92. The van der Waals surface area contributed by atoms with Crippen molar-refractivity contribution in [1.82, 2.24) is 10.6 Å². The van der Waals surface area contributed by atoms with Crippen LogP contribution in [0.25, 0.3) is 0 Å². The van der Waals surface area contributed by atoms with Gasteiger partial charge in [0.05, 0.1) is 0 Å². The highest BCUT2D eigenvalue weighted by molar-refractivity contribution is 5.74. The van der Waals surface area contributed by atoms with Gasteiger partial charge in [0.25, 0.3) is 0 Å². The standard InChI is InChI=1S/C17H24N2O/c1-14-6-8-16(9-7-14)11-13-19-17(20)18-12-10-15-4-2-3-5-15/h6-10,12,15H,2-5,11,13H2,1H3,(H2,18,19,20)/b12-10+. The van der Waals surface area contributed by atoms with E-state index in [1.165, 1.54) is 36.8 Å². The van der Waals surface area contributed by atoms with Crippen molar-refractivity contribution < 1.29 is 4.79 Å². The highest BCUT2D eigenvalue weighted by Crippen LogP contribution is 2.25. The Kier molecular flexibility index (Phi) is 5.66. The van der Waals surface area contributed by atoms with Crippen molar-refractivity contribution in [2.75, 3.05) is 6.54 Å². The summed E-state index contributed by atoms with van der Waals surface area (Å²) >= 11 is 0. The van der Waals surface area contributed by atoms with Gasteiger partial charge in [-0.25, -0.2) is 4.79 Å². The molecule has 3 nitrogen and oxygen atoms in total. The number of carbonyl (C=O) groups excluding carboxylic acids is 1. The van der Waals surface area contributed by atoms with Crippen LogP contribution < -0.4 is 10.6 Å². The lowest BCUT2D eigenvalue weighted by molar-refractivity contribution is 0.244. The molecule has 0 spiro atoms. The normalized spacial score (nSPS) is 15.7. The van der Waals surface area contributed by atoms with Gasteiger partial charge >= 0.3 is 6.03 Å². The van der Waals surface area contributed by atoms with Crippen LogP contribution in [0.3, 0.4) is 0 Å². The van der Waals surface area contributed by atoms with Crippen molar-refractivity contribution in [3.63, 3.8) is 0 Å². The summed E-state index contributed by atoms with van der Waals surface area (Å²) in [4.78, 5) is 11.6. The Balaban J connectivity index is 1.61. The number of nitrogens with one attached hydrogen (secondary N) is 2. The molecule has 1 aromatic rings. The van der Waals surface area contributed by atoms with E-state index in [0.29, 0.717) is 12.5 Å². The maximum atomic E-state index is 11.6. The number of benzene rings is 1. The van der Waals surface area contributed by atoms with Gasteiger partial charge in [0.15, 0.2) is 0 Å². The largest absolute Gasteiger partial charge is 0.338 e. The van der Waals surface area contributed by atoms with E-state index < -0.39 is 0 Å². The zero-order chi connectivity index (χ0) is 14.2. The molecule has 0 bridgehead atoms. The van der Waals surface area contributed by atoms with E-state index in [0.717, 1.165) is 6.42 Å². The maximum absolute atomic E-state index is 11.6. The molecule has 0 unspecified atom stereocenters. The highest BCUT2D eigenvalue weighted by atomic mass is 16.2. The van der Waals surface area contributed by atoms with E-state index in [4.69, 9.17) is 0 Å². The van der Waals surface area contributed by atoms with Gasteiger partial charge in [-0.3, -0.25) is 0 Å². The zero-order valence-electron chi connectivity index (χ0n) is 12.2. The van der Waals surface area contributed by atoms with Crippen molar-refractivity contribution in [1.29, 1.82) is 0 Å². The van der Waals surface area contributed by atoms with Crippen molar-refractivity contribution >= 4 is 6.03 Å². The lowest BCUT2D eigenvalue weighted by atomic mass is 10.1. The van der Waals surface area contributed by atoms with Gasteiger partial charge in [0, 0.05) is 12.7 Å². The van der Waals surface area contributed by atoms with Crippen LogP contribution in [0.4, 0.5) is 4.79 Å². The van der Waals surface area contributed by atoms with E-state index >= 15 is 0 Å². The Morgan fingerprint density at radius 2 is 1.95 bits per heavy atom. The smallest absolute Gasteiger partial charge is 0.318 e. The SMILES string of the molecule is Cc1ccc(CCNC(=O)N/C=C/C2CCCC2)cc1. The Labute approximate surface area is 121 Å². The molecular weight excluding hydrogens is 248 g/mol. The van der Waals surface area contributed by atoms with Crippen molar-refractivity contribution in [2.45, 2.75) is 39.0 Å². The van der Waals surface area contributed by atoms with Crippen molar-refractivity contribution in [3.8, 4) is 0 Å². The van der Waals surface area contributed by atoms with Crippen LogP contribution in [-0.4, -0.2) is 12.6 Å². The van der Waals surface area contributed by atoms with Gasteiger partial charge in [-0.2, -0.15) is 0 Å². The van der Waals surface area contributed by atoms with Gasteiger partial charge in [0.1, 0.15) is 0 Å². The van der Waals surface area contributed by atoms with Crippen LogP contribution in [-0.2, 0) is 6.42 Å². The van der Waals surface area contributed by atoms with Crippen LogP contribution in [0.15, 0.2) is 36.5 Å². The van der Waals surface area contributed by atoms with Crippen LogP contribution in [0, 0.1) is 12.8 Å².